The van der Waals surface area contributed by atoms with Crippen LogP contribution in [0.4, 0.5) is 0 Å². The van der Waals surface area contributed by atoms with Gasteiger partial charge in [-0.1, -0.05) is 60.8 Å². The second-order valence-electron chi connectivity index (χ2n) is 8.66. The molecule has 0 aromatic rings. The molecule has 0 fully saturated rings. The number of thioether (sulfide) groups is 1. The molecule has 0 amide bonds. The van der Waals surface area contributed by atoms with Gasteiger partial charge in [-0.3, -0.25) is 14.9 Å². The summed E-state index contributed by atoms with van der Waals surface area (Å²) in [5.74, 6) is 0.427. The summed E-state index contributed by atoms with van der Waals surface area (Å²) in [5, 5.41) is 9.91. The number of hydrogen-bond donors (Lipinski definition) is 1. The monoisotopic (exact) mass is 481 g/mol. The second kappa shape index (κ2) is 21.4. The van der Waals surface area contributed by atoms with Crippen LogP contribution in [-0.2, 0) is 0 Å². The Morgan fingerprint density at radius 2 is 1.48 bits per heavy atom. The summed E-state index contributed by atoms with van der Waals surface area (Å²) in [6, 6.07) is 0.665. The lowest BCUT2D eigenvalue weighted by atomic mass is 10.1. The van der Waals surface area contributed by atoms with Crippen LogP contribution >= 0.6 is 11.8 Å². The van der Waals surface area contributed by atoms with Gasteiger partial charge in [0.15, 0.2) is 0 Å². The van der Waals surface area contributed by atoms with Crippen molar-refractivity contribution in [1.29, 1.82) is 0 Å². The lowest BCUT2D eigenvalue weighted by Crippen LogP contribution is -2.37. The molecule has 0 spiro atoms. The fourth-order valence-electron chi connectivity index (χ4n) is 2.79. The first kappa shape index (κ1) is 36.4. The van der Waals surface area contributed by atoms with Crippen LogP contribution < -0.4 is 0 Å². The molecule has 0 bridgehead atoms. The van der Waals surface area contributed by atoms with Gasteiger partial charge in [0, 0.05) is 28.1 Å². The van der Waals surface area contributed by atoms with Crippen molar-refractivity contribution in [3.63, 3.8) is 0 Å². The van der Waals surface area contributed by atoms with Crippen LogP contribution in [0.25, 0.3) is 0 Å². The number of aliphatic imine (C=N–C) groups is 2. The van der Waals surface area contributed by atoms with E-state index in [-0.39, 0.29) is 5.25 Å². The Bertz CT molecular complexity index is 613. The minimum absolute atomic E-state index is 0.195. The van der Waals surface area contributed by atoms with Crippen LogP contribution in [0.15, 0.2) is 45.4 Å². The molecule has 3 unspecified atom stereocenters. The Hall–Kier alpha value is -1.17. The number of aliphatic hydroxyl groups is 1. The zero-order valence-corrected chi connectivity index (χ0v) is 24.9. The van der Waals surface area contributed by atoms with Gasteiger partial charge in [0.05, 0.1) is 18.0 Å². The second-order valence-corrected chi connectivity index (χ2v) is 10.1. The number of aliphatic hydroxyl groups excluding tert-OH is 1. The van der Waals surface area contributed by atoms with Crippen molar-refractivity contribution in [3.8, 4) is 0 Å². The van der Waals surface area contributed by atoms with Gasteiger partial charge in [0.1, 0.15) is 0 Å². The van der Waals surface area contributed by atoms with Crippen molar-refractivity contribution in [2.75, 3.05) is 7.05 Å². The van der Waals surface area contributed by atoms with Crippen LogP contribution in [0.2, 0.25) is 0 Å². The molecular weight excluding hydrogens is 426 g/mol. The number of hydrogen-bond acceptors (Lipinski definition) is 5. The Morgan fingerprint density at radius 3 is 1.82 bits per heavy atom. The lowest BCUT2D eigenvalue weighted by Gasteiger charge is -2.29. The van der Waals surface area contributed by atoms with Crippen LogP contribution in [0, 0.1) is 5.92 Å². The van der Waals surface area contributed by atoms with Gasteiger partial charge in [0.25, 0.3) is 0 Å². The van der Waals surface area contributed by atoms with Gasteiger partial charge in [-0.25, -0.2) is 0 Å². The van der Waals surface area contributed by atoms with Gasteiger partial charge < -0.3 is 5.11 Å². The molecule has 0 aromatic carbocycles. The predicted molar refractivity (Wildman–Crippen MR) is 156 cm³/mol. The highest BCUT2D eigenvalue weighted by Crippen LogP contribution is 2.25. The number of allylic oxidation sites excluding steroid dienone is 2. The highest BCUT2D eigenvalue weighted by atomic mass is 32.2. The van der Waals surface area contributed by atoms with Crippen molar-refractivity contribution in [2.45, 2.75) is 119 Å². The van der Waals surface area contributed by atoms with E-state index in [4.69, 9.17) is 0 Å². The van der Waals surface area contributed by atoms with E-state index in [9.17, 15) is 5.11 Å². The van der Waals surface area contributed by atoms with E-state index in [2.05, 4.69) is 96.6 Å². The first-order chi connectivity index (χ1) is 15.3. The Morgan fingerprint density at radius 1 is 1.00 bits per heavy atom. The fourth-order valence-corrected chi connectivity index (χ4v) is 3.89. The molecule has 194 valence electrons. The lowest BCUT2D eigenvalue weighted by molar-refractivity contribution is 0.179. The molecule has 1 N–H and O–H groups in total. The summed E-state index contributed by atoms with van der Waals surface area (Å²) < 4.78 is 0. The van der Waals surface area contributed by atoms with Crippen LogP contribution in [-0.4, -0.2) is 52.5 Å². The van der Waals surface area contributed by atoms with Crippen molar-refractivity contribution in [3.05, 3.63) is 35.4 Å². The van der Waals surface area contributed by atoms with Gasteiger partial charge in [-0.05, 0) is 72.9 Å². The van der Waals surface area contributed by atoms with Crippen LogP contribution in [0.3, 0.4) is 0 Å². The maximum absolute atomic E-state index is 9.71. The van der Waals surface area contributed by atoms with Crippen molar-refractivity contribution < 1.29 is 5.11 Å². The van der Waals surface area contributed by atoms with Crippen molar-refractivity contribution >= 4 is 23.7 Å². The van der Waals surface area contributed by atoms with Gasteiger partial charge in [-0.2, -0.15) is 0 Å². The third kappa shape index (κ3) is 20.0. The third-order valence-corrected chi connectivity index (χ3v) is 5.96. The van der Waals surface area contributed by atoms with Gasteiger partial charge in [-0.15, -0.1) is 11.8 Å². The zero-order chi connectivity index (χ0) is 26.7. The molecule has 3 atom stereocenters. The van der Waals surface area contributed by atoms with Crippen molar-refractivity contribution in [2.24, 2.45) is 15.9 Å². The standard InChI is InChI=1S/C15H25NOS.C11H24N2.C2H6/c1-10(2)8-15(14(7)17)18-12(5)9-16-13(6)11(3)4;1-7-11(8-2)13(6)10(5)12-9(3)4;1-2/h8-10,12,14,17H,3,6H2,1-2,4-5,7H3;10-11H,7-8H2,1-6H3;1-2H3/b15-8-,16-9?;;. The largest absolute Gasteiger partial charge is 0.388 e. The molecular formula is C28H55N3OS. The van der Waals surface area contributed by atoms with E-state index in [1.165, 1.54) is 12.8 Å². The van der Waals surface area contributed by atoms with E-state index in [0.717, 1.165) is 16.2 Å². The number of rotatable bonds is 12. The summed E-state index contributed by atoms with van der Waals surface area (Å²) in [6.07, 6.45) is 6.23. The third-order valence-electron chi connectivity index (χ3n) is 4.72. The fraction of sp³-hybridized carbons (Fsp3) is 0.714. The van der Waals surface area contributed by atoms with Crippen LogP contribution in [0.5, 0.6) is 0 Å². The Kier molecular flexibility index (Phi) is 23.6. The Balaban J connectivity index is -0.000000530. The molecule has 0 saturated carbocycles. The first-order valence-electron chi connectivity index (χ1n) is 12.4. The Labute approximate surface area is 211 Å². The predicted octanol–water partition coefficient (Wildman–Crippen LogP) is 8.15. The molecule has 0 heterocycles. The van der Waals surface area contributed by atoms with Gasteiger partial charge in [0.2, 0.25) is 0 Å². The molecule has 0 saturated heterocycles. The average Bonchev–Trinajstić information content (AvgIpc) is 2.73. The zero-order valence-electron chi connectivity index (χ0n) is 24.1. The minimum atomic E-state index is -0.433. The molecule has 0 rings (SSSR count). The highest BCUT2D eigenvalue weighted by molar-refractivity contribution is 8.04. The van der Waals surface area contributed by atoms with E-state index < -0.39 is 6.10 Å². The van der Waals surface area contributed by atoms with E-state index >= 15 is 0 Å². The summed E-state index contributed by atoms with van der Waals surface area (Å²) >= 11 is 1.63. The molecule has 0 aliphatic heterocycles. The van der Waals surface area contributed by atoms with Crippen molar-refractivity contribution in [1.82, 2.24) is 4.90 Å². The SMILES string of the molecule is C=C(C)C(=C)N=CC(C)S/C(=C\C(C)C)C(C)O.CC.CCC(CC)N(C)C(C)N=C(C)C. The van der Waals surface area contributed by atoms with Gasteiger partial charge >= 0.3 is 0 Å². The van der Waals surface area contributed by atoms with Crippen LogP contribution in [0.1, 0.15) is 95.9 Å². The molecule has 0 radical (unpaired) electrons. The molecule has 0 aliphatic carbocycles. The average molecular weight is 482 g/mol. The summed E-state index contributed by atoms with van der Waals surface area (Å²) in [5.41, 5.74) is 2.73. The van der Waals surface area contributed by atoms with E-state index in [0.29, 0.717) is 23.8 Å². The smallest absolute Gasteiger partial charge is 0.0989 e. The number of nitrogens with zero attached hydrogens (tertiary/aromatic N) is 3. The van der Waals surface area contributed by atoms with E-state index in [1.54, 1.807) is 18.7 Å². The quantitative estimate of drug-likeness (QED) is 0.226. The molecule has 0 aromatic heterocycles. The molecule has 5 heteroatoms. The highest BCUT2D eigenvalue weighted by Gasteiger charge is 2.15. The summed E-state index contributed by atoms with van der Waals surface area (Å²) in [7, 11) is 2.16. The molecule has 33 heavy (non-hydrogen) atoms. The minimum Gasteiger partial charge on any atom is -0.388 e. The summed E-state index contributed by atoms with van der Waals surface area (Å²) in [4.78, 5) is 12.1. The van der Waals surface area contributed by atoms with E-state index in [1.807, 2.05) is 27.0 Å². The summed E-state index contributed by atoms with van der Waals surface area (Å²) in [6.45, 7) is 32.3. The topological polar surface area (TPSA) is 48.2 Å². The first-order valence-corrected chi connectivity index (χ1v) is 13.3. The maximum atomic E-state index is 9.71. The maximum Gasteiger partial charge on any atom is 0.0989 e. The molecule has 4 nitrogen and oxygen atoms in total. The molecule has 0 aliphatic rings. The normalized spacial score (nSPS) is 14.3.